The highest BCUT2D eigenvalue weighted by Crippen LogP contribution is 2.28. The van der Waals surface area contributed by atoms with Crippen LogP contribution in [-0.4, -0.2) is 18.9 Å². The van der Waals surface area contributed by atoms with Crippen molar-refractivity contribution in [3.63, 3.8) is 0 Å². The number of allylic oxidation sites excluding steroid dienone is 1. The van der Waals surface area contributed by atoms with Gasteiger partial charge in [-0.15, -0.1) is 11.3 Å². The van der Waals surface area contributed by atoms with E-state index in [4.69, 9.17) is 14.9 Å². The molecule has 2 aromatic heterocycles. The van der Waals surface area contributed by atoms with Gasteiger partial charge in [-0.1, -0.05) is 6.07 Å². The number of fused-ring (bicyclic) bond motifs is 1. The molecule has 0 saturated carbocycles. The average molecular weight is 369 g/mol. The Balaban J connectivity index is 2.22. The smallest absolute Gasteiger partial charge is 0.336 e. The van der Waals surface area contributed by atoms with Crippen molar-refractivity contribution < 1.29 is 13.9 Å². The second kappa shape index (κ2) is 7.66. The molecule has 8 heteroatoms. The number of ether oxygens (including phenoxy) is 1. The maximum atomic E-state index is 11.7. The maximum absolute atomic E-state index is 11.7. The number of nitrogens with one attached hydrogen (secondary N) is 1. The molecule has 0 radical (unpaired) electrons. The van der Waals surface area contributed by atoms with Crippen LogP contribution in [0.15, 0.2) is 62.2 Å². The van der Waals surface area contributed by atoms with Gasteiger partial charge in [0.25, 0.3) is 0 Å². The highest BCUT2D eigenvalue weighted by molar-refractivity contribution is 7.10. The molecule has 0 aliphatic heterocycles. The van der Waals surface area contributed by atoms with Gasteiger partial charge in [0.05, 0.1) is 18.4 Å². The first kappa shape index (κ1) is 17.4. The van der Waals surface area contributed by atoms with Crippen LogP contribution in [0.25, 0.3) is 17.0 Å². The quantitative estimate of drug-likeness (QED) is 0.409. The van der Waals surface area contributed by atoms with Crippen LogP contribution in [0.1, 0.15) is 10.4 Å². The zero-order valence-corrected chi connectivity index (χ0v) is 14.6. The van der Waals surface area contributed by atoms with E-state index < -0.39 is 11.7 Å². The summed E-state index contributed by atoms with van der Waals surface area (Å²) in [5.74, 6) is 0.438. The number of nitrogens with zero attached hydrogens (tertiary/aromatic N) is 1. The number of nitrogens with two attached hydrogens (primary N) is 1. The fourth-order valence-electron chi connectivity index (χ4n) is 2.37. The summed E-state index contributed by atoms with van der Waals surface area (Å²) in [6.45, 7) is 0. The van der Waals surface area contributed by atoms with Crippen molar-refractivity contribution in [2.45, 2.75) is 0 Å². The summed E-state index contributed by atoms with van der Waals surface area (Å²) in [6, 6.07) is 9.51. The summed E-state index contributed by atoms with van der Waals surface area (Å²) in [6.07, 6.45) is 3.51. The molecule has 0 saturated heterocycles. The molecular weight excluding hydrogens is 354 g/mol. The minimum absolute atomic E-state index is 0.303. The van der Waals surface area contributed by atoms with Crippen molar-refractivity contribution >= 4 is 40.1 Å². The first-order chi connectivity index (χ1) is 12.6. The van der Waals surface area contributed by atoms with Gasteiger partial charge in [-0.25, -0.2) is 15.0 Å². The van der Waals surface area contributed by atoms with Crippen LogP contribution < -0.4 is 21.5 Å². The predicted molar refractivity (Wildman–Crippen MR) is 102 cm³/mol. The number of rotatable bonds is 5. The molecule has 0 atom stereocenters. The van der Waals surface area contributed by atoms with E-state index in [0.717, 1.165) is 4.88 Å². The monoisotopic (exact) mass is 369 g/mol. The number of benzene rings is 1. The van der Waals surface area contributed by atoms with E-state index in [-0.39, 0.29) is 0 Å². The van der Waals surface area contributed by atoms with Gasteiger partial charge in [-0.05, 0) is 41.8 Å². The predicted octanol–water partition coefficient (Wildman–Crippen LogP) is 2.95. The van der Waals surface area contributed by atoms with Crippen LogP contribution in [0, 0.1) is 0 Å². The van der Waals surface area contributed by atoms with Gasteiger partial charge in [0.1, 0.15) is 5.75 Å². The molecule has 0 aliphatic rings. The molecule has 3 N–H and O–H groups in total. The van der Waals surface area contributed by atoms with Crippen LogP contribution in [0.3, 0.4) is 0 Å². The SMILES string of the molecule is COc1ccc2ccc(=O)oc2c1C(/C=C/c1cccs1)=N/NC(N)=O. The lowest BCUT2D eigenvalue weighted by Crippen LogP contribution is -2.25. The van der Waals surface area contributed by atoms with Crippen LogP contribution in [-0.2, 0) is 0 Å². The Kier molecular flexibility index (Phi) is 5.14. The minimum atomic E-state index is -0.812. The largest absolute Gasteiger partial charge is 0.496 e. The molecular formula is C18H15N3O4S. The summed E-state index contributed by atoms with van der Waals surface area (Å²) >= 11 is 1.54. The maximum Gasteiger partial charge on any atom is 0.336 e. The zero-order chi connectivity index (χ0) is 18.5. The third kappa shape index (κ3) is 3.81. The molecule has 0 aliphatic carbocycles. The van der Waals surface area contributed by atoms with Crippen LogP contribution in [0.4, 0.5) is 4.79 Å². The number of methoxy groups -OCH3 is 1. The number of carbonyl (C=O) groups excluding carboxylic acids is 1. The first-order valence-corrected chi connectivity index (χ1v) is 8.42. The van der Waals surface area contributed by atoms with Gasteiger partial charge in [0, 0.05) is 16.3 Å². The number of primary amides is 1. The number of urea groups is 1. The summed E-state index contributed by atoms with van der Waals surface area (Å²) in [4.78, 5) is 23.8. The molecule has 26 heavy (non-hydrogen) atoms. The molecule has 0 bridgehead atoms. The summed E-state index contributed by atoms with van der Waals surface area (Å²) < 4.78 is 10.8. The topological polar surface area (TPSA) is 107 Å². The number of thiophene rings is 1. The molecule has 3 aromatic rings. The lowest BCUT2D eigenvalue weighted by molar-refractivity contribution is 0.249. The van der Waals surface area contributed by atoms with E-state index in [9.17, 15) is 9.59 Å². The highest BCUT2D eigenvalue weighted by Gasteiger charge is 2.16. The van der Waals surface area contributed by atoms with Gasteiger partial charge in [0.15, 0.2) is 5.58 Å². The standard InChI is InChI=1S/C18H15N3O4S/c1-24-14-8-4-11-5-9-15(22)25-17(11)16(14)13(20-21-18(19)23)7-6-12-3-2-10-26-12/h2-10H,1H3,(H3,19,21,23)/b7-6+,20-13+. The van der Waals surface area contributed by atoms with Crippen LogP contribution >= 0.6 is 11.3 Å². The molecule has 2 amide bonds. The molecule has 0 unspecified atom stereocenters. The molecule has 2 heterocycles. The fourth-order valence-corrected chi connectivity index (χ4v) is 2.98. The molecule has 7 nitrogen and oxygen atoms in total. The van der Waals surface area contributed by atoms with Crippen molar-refractivity contribution in [1.29, 1.82) is 0 Å². The number of hydrogen-bond donors (Lipinski definition) is 2. The summed E-state index contributed by atoms with van der Waals surface area (Å²) in [5, 5.41) is 6.68. The van der Waals surface area contributed by atoms with Crippen molar-refractivity contribution in [2.24, 2.45) is 10.8 Å². The van der Waals surface area contributed by atoms with Crippen molar-refractivity contribution in [3.05, 3.63) is 68.7 Å². The van der Waals surface area contributed by atoms with Crippen LogP contribution in [0.5, 0.6) is 5.75 Å². The average Bonchev–Trinajstić information content (AvgIpc) is 3.14. The third-order valence-corrected chi connectivity index (χ3v) is 4.30. The zero-order valence-electron chi connectivity index (χ0n) is 13.8. The second-order valence-corrected chi connectivity index (χ2v) is 6.12. The van der Waals surface area contributed by atoms with E-state index >= 15 is 0 Å². The van der Waals surface area contributed by atoms with Gasteiger partial charge in [0.2, 0.25) is 0 Å². The highest BCUT2D eigenvalue weighted by atomic mass is 32.1. The van der Waals surface area contributed by atoms with Gasteiger partial charge >= 0.3 is 11.7 Å². The second-order valence-electron chi connectivity index (χ2n) is 5.14. The van der Waals surface area contributed by atoms with E-state index in [1.54, 1.807) is 35.6 Å². The minimum Gasteiger partial charge on any atom is -0.496 e. The molecule has 0 fully saturated rings. The Bertz CT molecular complexity index is 1050. The molecule has 3 rings (SSSR count). The van der Waals surface area contributed by atoms with E-state index in [1.165, 1.54) is 13.2 Å². The number of amides is 2. The Morgan fingerprint density at radius 3 is 2.81 bits per heavy atom. The Hall–Kier alpha value is -3.39. The Morgan fingerprint density at radius 2 is 2.12 bits per heavy atom. The van der Waals surface area contributed by atoms with E-state index in [0.29, 0.717) is 28.0 Å². The van der Waals surface area contributed by atoms with Crippen molar-refractivity contribution in [3.8, 4) is 5.75 Å². The van der Waals surface area contributed by atoms with Gasteiger partial charge in [-0.3, -0.25) is 0 Å². The van der Waals surface area contributed by atoms with Crippen LogP contribution in [0.2, 0.25) is 0 Å². The number of hydrazone groups is 1. The van der Waals surface area contributed by atoms with Gasteiger partial charge in [-0.2, -0.15) is 5.10 Å². The Labute approximate surface area is 152 Å². The lowest BCUT2D eigenvalue weighted by atomic mass is 10.0. The third-order valence-electron chi connectivity index (χ3n) is 3.46. The number of carbonyl (C=O) groups is 1. The summed E-state index contributed by atoms with van der Waals surface area (Å²) in [7, 11) is 1.49. The van der Waals surface area contributed by atoms with Gasteiger partial charge < -0.3 is 14.9 Å². The van der Waals surface area contributed by atoms with Crippen molar-refractivity contribution in [1.82, 2.24) is 5.43 Å². The summed E-state index contributed by atoms with van der Waals surface area (Å²) in [5.41, 5.74) is 7.90. The molecule has 132 valence electrons. The number of hydrogen-bond acceptors (Lipinski definition) is 6. The van der Waals surface area contributed by atoms with E-state index in [2.05, 4.69) is 10.5 Å². The molecule has 0 spiro atoms. The van der Waals surface area contributed by atoms with E-state index in [1.807, 2.05) is 23.6 Å². The van der Waals surface area contributed by atoms with Crippen molar-refractivity contribution in [2.75, 3.05) is 7.11 Å². The first-order valence-electron chi connectivity index (χ1n) is 7.54. The molecule has 1 aromatic carbocycles. The normalized spacial score (nSPS) is 11.8. The lowest BCUT2D eigenvalue weighted by Gasteiger charge is -2.11. The fraction of sp³-hybridized carbons (Fsp3) is 0.0556. The Morgan fingerprint density at radius 1 is 1.31 bits per heavy atom.